The fraction of sp³-hybridized carbons (Fsp3) is 1.00. The first-order valence-electron chi connectivity index (χ1n) is 3.95. The summed E-state index contributed by atoms with van der Waals surface area (Å²) in [6.07, 6.45) is 1.25. The Bertz CT molecular complexity index is 304. The standard InChI is InChI=1S/C7H8O2S/c8-10(9)6-3-1-2-4(6)5(2)7(3)10/h2-7H,1H2/t2?,3?,4?,5?,6-,7+. The minimum Gasteiger partial charge on any atom is -0.228 e. The van der Waals surface area contributed by atoms with E-state index in [0.717, 1.165) is 5.92 Å². The van der Waals surface area contributed by atoms with Crippen LogP contribution in [0.3, 0.4) is 0 Å². The third-order valence-corrected chi connectivity index (χ3v) is 7.04. The Morgan fingerprint density at radius 3 is 1.90 bits per heavy atom. The average Bonchev–Trinajstić information content (AvgIpc) is 2.38. The molecule has 6 bridgehead atoms. The van der Waals surface area contributed by atoms with E-state index in [9.17, 15) is 8.42 Å². The molecule has 0 spiro atoms. The van der Waals surface area contributed by atoms with Gasteiger partial charge in [0.2, 0.25) is 0 Å². The largest absolute Gasteiger partial charge is 0.228 e. The molecule has 0 aromatic heterocycles. The summed E-state index contributed by atoms with van der Waals surface area (Å²) >= 11 is 0. The van der Waals surface area contributed by atoms with E-state index in [1.165, 1.54) is 6.42 Å². The second kappa shape index (κ2) is 0.909. The SMILES string of the molecule is O=S1(=O)[C@@H]2C3C4CC2[C@@H]1C43. The van der Waals surface area contributed by atoms with Gasteiger partial charge in [-0.2, -0.15) is 0 Å². The second-order valence-electron chi connectivity index (χ2n) is 4.24. The molecule has 1 aliphatic heterocycles. The van der Waals surface area contributed by atoms with Crippen LogP contribution in [0.4, 0.5) is 0 Å². The lowest BCUT2D eigenvalue weighted by atomic mass is 10.1. The Morgan fingerprint density at radius 2 is 1.60 bits per heavy atom. The first-order chi connectivity index (χ1) is 4.73. The van der Waals surface area contributed by atoms with Crippen molar-refractivity contribution in [2.75, 3.05) is 0 Å². The predicted octanol–water partition coefficient (Wildman–Crippen LogP) is 0.0477. The maximum atomic E-state index is 11.3. The van der Waals surface area contributed by atoms with Gasteiger partial charge in [0.05, 0.1) is 10.5 Å². The average molecular weight is 156 g/mol. The molecule has 3 heteroatoms. The topological polar surface area (TPSA) is 34.1 Å². The van der Waals surface area contributed by atoms with Gasteiger partial charge >= 0.3 is 0 Å². The van der Waals surface area contributed by atoms with Gasteiger partial charge in [-0.15, -0.1) is 0 Å². The zero-order chi connectivity index (χ0) is 6.67. The first kappa shape index (κ1) is 4.75. The molecule has 0 amide bonds. The normalized spacial score (nSPS) is 77.2. The van der Waals surface area contributed by atoms with Crippen LogP contribution in [0, 0.1) is 23.7 Å². The Morgan fingerprint density at radius 1 is 1.00 bits per heavy atom. The molecule has 1 heterocycles. The lowest BCUT2D eigenvalue weighted by Crippen LogP contribution is -2.47. The van der Waals surface area contributed by atoms with E-state index >= 15 is 0 Å². The zero-order valence-electron chi connectivity index (χ0n) is 5.40. The molecule has 5 fully saturated rings. The van der Waals surface area contributed by atoms with Crippen LogP contribution in [0.5, 0.6) is 0 Å². The van der Waals surface area contributed by atoms with Gasteiger partial charge in [0.1, 0.15) is 0 Å². The number of sulfone groups is 1. The molecule has 10 heavy (non-hydrogen) atoms. The van der Waals surface area contributed by atoms with Crippen molar-refractivity contribution in [3.05, 3.63) is 0 Å². The molecule has 6 atom stereocenters. The number of hydrogen-bond donors (Lipinski definition) is 0. The highest BCUT2D eigenvalue weighted by atomic mass is 32.2. The van der Waals surface area contributed by atoms with E-state index < -0.39 is 9.84 Å². The van der Waals surface area contributed by atoms with E-state index in [4.69, 9.17) is 0 Å². The van der Waals surface area contributed by atoms with Crippen LogP contribution in [0.2, 0.25) is 0 Å². The van der Waals surface area contributed by atoms with E-state index in [1.54, 1.807) is 0 Å². The van der Waals surface area contributed by atoms with Crippen molar-refractivity contribution in [2.24, 2.45) is 23.7 Å². The molecule has 2 nitrogen and oxygen atoms in total. The van der Waals surface area contributed by atoms with Crippen LogP contribution in [0.1, 0.15) is 6.42 Å². The minimum atomic E-state index is -2.53. The minimum absolute atomic E-state index is 0.160. The molecule has 0 radical (unpaired) electrons. The van der Waals surface area contributed by atoms with Crippen LogP contribution in [-0.4, -0.2) is 18.9 Å². The highest BCUT2D eigenvalue weighted by Gasteiger charge is 2.86. The van der Waals surface area contributed by atoms with Gasteiger partial charge in [-0.1, -0.05) is 0 Å². The Hall–Kier alpha value is -0.0500. The smallest absolute Gasteiger partial charge is 0.157 e. The predicted molar refractivity (Wildman–Crippen MR) is 35.1 cm³/mol. The van der Waals surface area contributed by atoms with Crippen molar-refractivity contribution >= 4 is 9.84 Å². The van der Waals surface area contributed by atoms with Crippen LogP contribution in [0.25, 0.3) is 0 Å². The summed E-state index contributed by atoms with van der Waals surface area (Å²) < 4.78 is 22.6. The zero-order valence-corrected chi connectivity index (χ0v) is 6.21. The fourth-order valence-electron chi connectivity index (χ4n) is 4.03. The van der Waals surface area contributed by atoms with E-state index in [2.05, 4.69) is 0 Å². The van der Waals surface area contributed by atoms with E-state index in [0.29, 0.717) is 17.8 Å². The van der Waals surface area contributed by atoms with Gasteiger partial charge in [0.15, 0.2) is 9.84 Å². The van der Waals surface area contributed by atoms with Crippen molar-refractivity contribution in [2.45, 2.75) is 16.9 Å². The summed E-state index contributed by atoms with van der Waals surface area (Å²) in [4.78, 5) is 0. The first-order valence-corrected chi connectivity index (χ1v) is 5.56. The Kier molecular flexibility index (Phi) is 0.432. The monoisotopic (exact) mass is 156 g/mol. The Balaban J connectivity index is 2.10. The van der Waals surface area contributed by atoms with Gasteiger partial charge in [0.25, 0.3) is 0 Å². The molecule has 4 unspecified atom stereocenters. The van der Waals surface area contributed by atoms with Crippen LogP contribution < -0.4 is 0 Å². The van der Waals surface area contributed by atoms with Crippen LogP contribution in [0.15, 0.2) is 0 Å². The van der Waals surface area contributed by atoms with Crippen LogP contribution in [-0.2, 0) is 9.84 Å². The number of hydrogen-bond acceptors (Lipinski definition) is 2. The van der Waals surface area contributed by atoms with Gasteiger partial charge in [-0.05, 0) is 30.1 Å². The highest BCUT2D eigenvalue weighted by molar-refractivity contribution is 7.94. The molecular weight excluding hydrogens is 148 g/mol. The molecule has 0 aromatic carbocycles. The van der Waals surface area contributed by atoms with Crippen molar-refractivity contribution in [1.82, 2.24) is 0 Å². The molecule has 1 saturated heterocycles. The van der Waals surface area contributed by atoms with Gasteiger partial charge in [-0.25, -0.2) is 8.42 Å². The van der Waals surface area contributed by atoms with Gasteiger partial charge < -0.3 is 0 Å². The van der Waals surface area contributed by atoms with E-state index in [-0.39, 0.29) is 10.5 Å². The molecule has 4 aliphatic carbocycles. The summed E-state index contributed by atoms with van der Waals surface area (Å²) in [7, 11) is -2.53. The maximum absolute atomic E-state index is 11.3. The van der Waals surface area contributed by atoms with Crippen molar-refractivity contribution in [1.29, 1.82) is 0 Å². The molecule has 0 aromatic rings. The van der Waals surface area contributed by atoms with Crippen LogP contribution >= 0.6 is 0 Å². The maximum Gasteiger partial charge on any atom is 0.157 e. The lowest BCUT2D eigenvalue weighted by molar-refractivity contribution is 0.475. The van der Waals surface area contributed by atoms with E-state index in [1.807, 2.05) is 0 Å². The molecule has 5 rings (SSSR count). The van der Waals surface area contributed by atoms with Gasteiger partial charge in [0, 0.05) is 0 Å². The molecular formula is C7H8O2S. The fourth-order valence-corrected chi connectivity index (χ4v) is 7.29. The summed E-state index contributed by atoms with van der Waals surface area (Å²) in [5.74, 6) is 2.80. The third-order valence-electron chi connectivity index (χ3n) is 4.20. The summed E-state index contributed by atoms with van der Waals surface area (Å²) in [5, 5.41) is 0.319. The van der Waals surface area contributed by atoms with Crippen molar-refractivity contribution < 1.29 is 8.42 Å². The summed E-state index contributed by atoms with van der Waals surface area (Å²) in [5.41, 5.74) is 0. The molecule has 5 aliphatic rings. The molecule has 54 valence electrons. The highest BCUT2D eigenvalue weighted by Crippen LogP contribution is 2.80. The molecule has 4 saturated carbocycles. The lowest BCUT2D eigenvalue weighted by Gasteiger charge is -2.31. The quantitative estimate of drug-likeness (QED) is 0.496. The third kappa shape index (κ3) is 0.218. The summed E-state index contributed by atoms with van der Waals surface area (Å²) in [6.45, 7) is 0. The molecule has 0 N–H and O–H groups in total. The second-order valence-corrected chi connectivity index (χ2v) is 6.50. The summed E-state index contributed by atoms with van der Waals surface area (Å²) in [6, 6.07) is 0. The van der Waals surface area contributed by atoms with Crippen molar-refractivity contribution in [3.8, 4) is 0 Å². The van der Waals surface area contributed by atoms with Crippen molar-refractivity contribution in [3.63, 3.8) is 0 Å². The Labute approximate surface area is 59.5 Å². The number of rotatable bonds is 0. The van der Waals surface area contributed by atoms with Gasteiger partial charge in [-0.3, -0.25) is 0 Å².